The Bertz CT molecular complexity index is 998. The molecule has 9 heteroatoms. The van der Waals surface area contributed by atoms with Crippen molar-refractivity contribution in [2.45, 2.75) is 39.7 Å². The summed E-state index contributed by atoms with van der Waals surface area (Å²) >= 11 is 0. The van der Waals surface area contributed by atoms with E-state index in [1.54, 1.807) is 39.0 Å². The number of azide groups is 1. The molecule has 1 amide bonds. The average Bonchev–Trinajstić information content (AvgIpc) is 2.80. The molecule has 0 radical (unpaired) electrons. The maximum atomic E-state index is 12.8. The molecular weight excluding hydrogens is 436 g/mol. The number of benzene rings is 2. The molecule has 0 aliphatic heterocycles. The Kier molecular flexibility index (Phi) is 10.2. The molecule has 0 saturated carbocycles. The number of nitrogens with one attached hydrogen (secondary N) is 1. The van der Waals surface area contributed by atoms with Gasteiger partial charge in [-0.05, 0) is 56.0 Å². The van der Waals surface area contributed by atoms with Crippen LogP contribution in [0, 0.1) is 5.41 Å². The van der Waals surface area contributed by atoms with E-state index in [1.165, 1.54) is 7.11 Å². The van der Waals surface area contributed by atoms with Crippen LogP contribution < -0.4 is 14.8 Å². The van der Waals surface area contributed by atoms with Gasteiger partial charge in [0.1, 0.15) is 6.61 Å². The summed E-state index contributed by atoms with van der Waals surface area (Å²) in [6.45, 7) is 5.87. The third-order valence-corrected chi connectivity index (χ3v) is 4.82. The molecule has 1 N–H and O–H groups in total. The minimum absolute atomic E-state index is 0.0814. The van der Waals surface area contributed by atoms with Gasteiger partial charge in [0.2, 0.25) is 5.91 Å². The zero-order valence-corrected chi connectivity index (χ0v) is 20.1. The summed E-state index contributed by atoms with van der Waals surface area (Å²) in [5.74, 6) is 0.453. The third kappa shape index (κ3) is 9.03. The molecule has 34 heavy (non-hydrogen) atoms. The standard InChI is InChI=1S/C25H32N4O5/c1-25(2,3)24(31)34-17-20(14-18-8-6-5-7-9-18)28-23(30)16-19-10-11-21(22(15-19)32-4)33-13-12-27-29-26/h5-11,15,20H,12-14,16-17H2,1-4H3,(H,28,30)/t20-/m0/s1. The first-order valence-electron chi connectivity index (χ1n) is 11.0. The fourth-order valence-corrected chi connectivity index (χ4v) is 3.09. The van der Waals surface area contributed by atoms with Gasteiger partial charge in [-0.3, -0.25) is 9.59 Å². The molecule has 0 aliphatic carbocycles. The average molecular weight is 469 g/mol. The van der Waals surface area contributed by atoms with Crippen molar-refractivity contribution in [3.8, 4) is 11.5 Å². The van der Waals surface area contributed by atoms with Gasteiger partial charge >= 0.3 is 5.97 Å². The van der Waals surface area contributed by atoms with Gasteiger partial charge in [0.05, 0.1) is 38.1 Å². The van der Waals surface area contributed by atoms with Crippen LogP contribution in [-0.4, -0.2) is 44.8 Å². The number of ether oxygens (including phenoxy) is 3. The summed E-state index contributed by atoms with van der Waals surface area (Å²) in [4.78, 5) is 27.7. The summed E-state index contributed by atoms with van der Waals surface area (Å²) < 4.78 is 16.4. The minimum atomic E-state index is -0.622. The van der Waals surface area contributed by atoms with E-state index in [0.29, 0.717) is 17.9 Å². The van der Waals surface area contributed by atoms with Crippen LogP contribution in [0.2, 0.25) is 0 Å². The maximum absolute atomic E-state index is 12.8. The summed E-state index contributed by atoms with van der Waals surface area (Å²) in [7, 11) is 1.51. The number of esters is 1. The monoisotopic (exact) mass is 468 g/mol. The topological polar surface area (TPSA) is 123 Å². The lowest BCUT2D eigenvalue weighted by Crippen LogP contribution is -2.42. The number of hydrogen-bond donors (Lipinski definition) is 1. The number of methoxy groups -OCH3 is 1. The van der Waals surface area contributed by atoms with Crippen LogP contribution in [0.5, 0.6) is 11.5 Å². The van der Waals surface area contributed by atoms with E-state index in [1.807, 2.05) is 30.3 Å². The van der Waals surface area contributed by atoms with Gasteiger partial charge < -0.3 is 19.5 Å². The fourth-order valence-electron chi connectivity index (χ4n) is 3.09. The summed E-state index contributed by atoms with van der Waals surface area (Å²) in [6, 6.07) is 14.6. The lowest BCUT2D eigenvalue weighted by atomic mass is 9.97. The molecule has 0 aliphatic rings. The van der Waals surface area contributed by atoms with Crippen molar-refractivity contribution in [2.24, 2.45) is 10.5 Å². The van der Waals surface area contributed by atoms with Crippen molar-refractivity contribution < 1.29 is 23.8 Å². The lowest BCUT2D eigenvalue weighted by Gasteiger charge is -2.22. The van der Waals surface area contributed by atoms with E-state index in [-0.39, 0.29) is 44.1 Å². The quantitative estimate of drug-likeness (QED) is 0.164. The second kappa shape index (κ2) is 13.1. The molecule has 0 saturated heterocycles. The van der Waals surface area contributed by atoms with E-state index in [4.69, 9.17) is 19.7 Å². The van der Waals surface area contributed by atoms with Crippen molar-refractivity contribution in [3.05, 3.63) is 70.1 Å². The van der Waals surface area contributed by atoms with Crippen LogP contribution >= 0.6 is 0 Å². The fraction of sp³-hybridized carbons (Fsp3) is 0.440. The molecule has 0 heterocycles. The minimum Gasteiger partial charge on any atom is -0.493 e. The molecule has 2 aromatic rings. The molecule has 1 atom stereocenters. The predicted octanol–water partition coefficient (Wildman–Crippen LogP) is 4.24. The highest BCUT2D eigenvalue weighted by Crippen LogP contribution is 2.28. The van der Waals surface area contributed by atoms with E-state index in [0.717, 1.165) is 11.1 Å². The van der Waals surface area contributed by atoms with Gasteiger partial charge in [-0.1, -0.05) is 41.5 Å². The van der Waals surface area contributed by atoms with Crippen LogP contribution in [0.25, 0.3) is 10.4 Å². The second-order valence-electron chi connectivity index (χ2n) is 8.77. The summed E-state index contributed by atoms with van der Waals surface area (Å²) in [6.07, 6.45) is 0.652. The van der Waals surface area contributed by atoms with Gasteiger partial charge in [0.15, 0.2) is 11.5 Å². The van der Waals surface area contributed by atoms with Crippen molar-refractivity contribution in [3.63, 3.8) is 0 Å². The molecule has 2 aromatic carbocycles. The van der Waals surface area contributed by atoms with Gasteiger partial charge in [-0.25, -0.2) is 0 Å². The van der Waals surface area contributed by atoms with Crippen molar-refractivity contribution in [2.75, 3.05) is 26.9 Å². The highest BCUT2D eigenvalue weighted by Gasteiger charge is 2.25. The zero-order valence-electron chi connectivity index (χ0n) is 20.1. The zero-order chi connectivity index (χ0) is 25.0. The highest BCUT2D eigenvalue weighted by molar-refractivity contribution is 5.79. The molecule has 2 rings (SSSR count). The molecule has 9 nitrogen and oxygen atoms in total. The van der Waals surface area contributed by atoms with E-state index in [2.05, 4.69) is 15.3 Å². The molecule has 0 spiro atoms. The first-order chi connectivity index (χ1) is 16.2. The number of rotatable bonds is 12. The number of carbonyl (C=O) groups is 2. The summed E-state index contributed by atoms with van der Waals surface area (Å²) in [5.41, 5.74) is 9.49. The Morgan fingerprint density at radius 3 is 2.47 bits per heavy atom. The van der Waals surface area contributed by atoms with Crippen molar-refractivity contribution in [1.82, 2.24) is 5.32 Å². The Morgan fingerprint density at radius 2 is 1.82 bits per heavy atom. The van der Waals surface area contributed by atoms with Crippen molar-refractivity contribution in [1.29, 1.82) is 0 Å². The van der Waals surface area contributed by atoms with Crippen molar-refractivity contribution >= 4 is 11.9 Å². The molecule has 0 fully saturated rings. The Labute approximate surface area is 200 Å². The van der Waals surface area contributed by atoms with Gasteiger partial charge in [-0.15, -0.1) is 0 Å². The predicted molar refractivity (Wildman–Crippen MR) is 129 cm³/mol. The largest absolute Gasteiger partial charge is 0.493 e. The van der Waals surface area contributed by atoms with Crippen LogP contribution in [-0.2, 0) is 27.2 Å². The Balaban J connectivity index is 2.04. The van der Waals surface area contributed by atoms with Crippen LogP contribution in [0.4, 0.5) is 0 Å². The number of carbonyl (C=O) groups excluding carboxylic acids is 2. The molecular formula is C25H32N4O5. The van der Waals surface area contributed by atoms with Crippen LogP contribution in [0.3, 0.4) is 0 Å². The van der Waals surface area contributed by atoms with Gasteiger partial charge in [-0.2, -0.15) is 0 Å². The normalized spacial score (nSPS) is 11.6. The Morgan fingerprint density at radius 1 is 1.09 bits per heavy atom. The SMILES string of the molecule is COc1cc(CC(=O)N[C@H](COC(=O)C(C)(C)C)Cc2ccccc2)ccc1OCCN=[N+]=[N-]. The lowest BCUT2D eigenvalue weighted by molar-refractivity contribution is -0.154. The molecule has 0 unspecified atom stereocenters. The smallest absolute Gasteiger partial charge is 0.311 e. The molecule has 0 bridgehead atoms. The molecule has 0 aromatic heterocycles. The van der Waals surface area contributed by atoms with Crippen LogP contribution in [0.1, 0.15) is 31.9 Å². The number of amides is 1. The number of nitrogens with zero attached hydrogens (tertiary/aromatic N) is 3. The maximum Gasteiger partial charge on any atom is 0.311 e. The first kappa shape index (κ1) is 26.5. The second-order valence-corrected chi connectivity index (χ2v) is 8.77. The van der Waals surface area contributed by atoms with Crippen LogP contribution in [0.15, 0.2) is 53.6 Å². The molecule has 182 valence electrons. The van der Waals surface area contributed by atoms with E-state index >= 15 is 0 Å². The van der Waals surface area contributed by atoms with E-state index < -0.39 is 5.41 Å². The van der Waals surface area contributed by atoms with Gasteiger partial charge in [0, 0.05) is 4.91 Å². The highest BCUT2D eigenvalue weighted by atomic mass is 16.5. The number of hydrogen-bond acceptors (Lipinski definition) is 6. The first-order valence-corrected chi connectivity index (χ1v) is 11.0. The Hall–Kier alpha value is -3.71. The summed E-state index contributed by atoms with van der Waals surface area (Å²) in [5, 5.41) is 6.41. The van der Waals surface area contributed by atoms with E-state index in [9.17, 15) is 9.59 Å². The van der Waals surface area contributed by atoms with Gasteiger partial charge in [0.25, 0.3) is 0 Å². The third-order valence-electron chi connectivity index (χ3n) is 4.82.